The molecule has 1 heterocycles. The SMILES string of the molecule is Cn1cc(CS(=O)(=O)c2ccc(F)cc2N)cn1. The number of aromatic nitrogens is 2. The third-order valence-corrected chi connectivity index (χ3v) is 4.18. The number of benzene rings is 1. The van der Waals surface area contributed by atoms with Gasteiger partial charge in [0, 0.05) is 18.8 Å². The molecule has 0 fully saturated rings. The van der Waals surface area contributed by atoms with Crippen molar-refractivity contribution in [2.24, 2.45) is 7.05 Å². The predicted octanol–water partition coefficient (Wildman–Crippen LogP) is 1.12. The number of anilines is 1. The van der Waals surface area contributed by atoms with E-state index >= 15 is 0 Å². The van der Waals surface area contributed by atoms with Gasteiger partial charge in [0.25, 0.3) is 0 Å². The van der Waals surface area contributed by atoms with E-state index in [2.05, 4.69) is 5.10 Å². The lowest BCUT2D eigenvalue weighted by molar-refractivity contribution is 0.594. The van der Waals surface area contributed by atoms with Gasteiger partial charge in [-0.15, -0.1) is 0 Å². The van der Waals surface area contributed by atoms with Crippen molar-refractivity contribution in [3.8, 4) is 0 Å². The third kappa shape index (κ3) is 2.51. The molecule has 0 amide bonds. The van der Waals surface area contributed by atoms with Gasteiger partial charge in [-0.2, -0.15) is 5.10 Å². The van der Waals surface area contributed by atoms with Gasteiger partial charge >= 0.3 is 0 Å². The van der Waals surface area contributed by atoms with E-state index in [1.54, 1.807) is 13.2 Å². The second kappa shape index (κ2) is 4.41. The third-order valence-electron chi connectivity index (χ3n) is 2.42. The molecule has 2 N–H and O–H groups in total. The first-order chi connectivity index (χ1) is 8.38. The Morgan fingerprint density at radius 2 is 2.17 bits per heavy atom. The lowest BCUT2D eigenvalue weighted by Gasteiger charge is -2.06. The molecule has 1 aromatic heterocycles. The fourth-order valence-corrected chi connectivity index (χ4v) is 3.08. The fourth-order valence-electron chi connectivity index (χ4n) is 1.65. The van der Waals surface area contributed by atoms with Crippen LogP contribution in [0.4, 0.5) is 10.1 Å². The second-order valence-electron chi connectivity index (χ2n) is 3.96. The molecule has 0 radical (unpaired) electrons. The number of nitrogens with two attached hydrogens (primary N) is 1. The Balaban J connectivity index is 2.36. The van der Waals surface area contributed by atoms with E-state index < -0.39 is 15.7 Å². The lowest BCUT2D eigenvalue weighted by Crippen LogP contribution is -2.07. The molecule has 0 aliphatic carbocycles. The Labute approximate surface area is 104 Å². The zero-order valence-corrected chi connectivity index (χ0v) is 10.5. The number of halogens is 1. The average molecular weight is 269 g/mol. The molecule has 1 aromatic carbocycles. The van der Waals surface area contributed by atoms with Crippen LogP contribution in [-0.2, 0) is 22.6 Å². The van der Waals surface area contributed by atoms with Crippen LogP contribution < -0.4 is 5.73 Å². The molecule has 0 spiro atoms. The van der Waals surface area contributed by atoms with Gasteiger partial charge in [-0.1, -0.05) is 0 Å². The minimum Gasteiger partial charge on any atom is -0.398 e. The molecule has 18 heavy (non-hydrogen) atoms. The average Bonchev–Trinajstić information content (AvgIpc) is 2.62. The van der Waals surface area contributed by atoms with Crippen LogP contribution in [0.2, 0.25) is 0 Å². The summed E-state index contributed by atoms with van der Waals surface area (Å²) in [6.45, 7) is 0. The number of aryl methyl sites for hydroxylation is 1. The topological polar surface area (TPSA) is 78.0 Å². The van der Waals surface area contributed by atoms with Crippen molar-refractivity contribution in [3.05, 3.63) is 42.0 Å². The molecular weight excluding hydrogens is 257 g/mol. The summed E-state index contributed by atoms with van der Waals surface area (Å²) in [5, 5.41) is 3.89. The highest BCUT2D eigenvalue weighted by Gasteiger charge is 2.19. The number of hydrogen-bond donors (Lipinski definition) is 1. The zero-order valence-electron chi connectivity index (χ0n) is 9.67. The van der Waals surface area contributed by atoms with Crippen molar-refractivity contribution in [2.75, 3.05) is 5.73 Å². The van der Waals surface area contributed by atoms with Crippen molar-refractivity contribution in [3.63, 3.8) is 0 Å². The maximum atomic E-state index is 12.9. The molecule has 7 heteroatoms. The van der Waals surface area contributed by atoms with Crippen molar-refractivity contribution < 1.29 is 12.8 Å². The highest BCUT2D eigenvalue weighted by molar-refractivity contribution is 7.90. The normalized spacial score (nSPS) is 11.7. The van der Waals surface area contributed by atoms with Gasteiger partial charge in [0.05, 0.1) is 22.5 Å². The first kappa shape index (κ1) is 12.6. The molecule has 5 nitrogen and oxygen atoms in total. The smallest absolute Gasteiger partial charge is 0.184 e. The molecule has 0 bridgehead atoms. The van der Waals surface area contributed by atoms with Gasteiger partial charge in [-0.3, -0.25) is 4.68 Å². The summed E-state index contributed by atoms with van der Waals surface area (Å²) in [5.41, 5.74) is 6.00. The van der Waals surface area contributed by atoms with Crippen LogP contribution in [0.1, 0.15) is 5.56 Å². The summed E-state index contributed by atoms with van der Waals surface area (Å²) in [6.07, 6.45) is 3.08. The van der Waals surface area contributed by atoms with Crippen LogP contribution in [0.25, 0.3) is 0 Å². The first-order valence-electron chi connectivity index (χ1n) is 5.14. The second-order valence-corrected chi connectivity index (χ2v) is 5.92. The van der Waals surface area contributed by atoms with Crippen molar-refractivity contribution >= 4 is 15.5 Å². The Morgan fingerprint density at radius 3 is 2.72 bits per heavy atom. The molecular formula is C11H12FN3O2S. The maximum Gasteiger partial charge on any atom is 0.184 e. The molecule has 0 aliphatic heterocycles. The number of sulfone groups is 1. The summed E-state index contributed by atoms with van der Waals surface area (Å²) >= 11 is 0. The van der Waals surface area contributed by atoms with Crippen LogP contribution >= 0.6 is 0 Å². The molecule has 0 saturated heterocycles. The Bertz CT molecular complexity index is 679. The van der Waals surface area contributed by atoms with Crippen LogP contribution in [0.15, 0.2) is 35.5 Å². The van der Waals surface area contributed by atoms with Crippen molar-refractivity contribution in [1.29, 1.82) is 0 Å². The van der Waals surface area contributed by atoms with Crippen LogP contribution in [0, 0.1) is 5.82 Å². The molecule has 2 rings (SSSR count). The monoisotopic (exact) mass is 269 g/mol. The van der Waals surface area contributed by atoms with E-state index in [0.717, 1.165) is 12.1 Å². The molecule has 0 saturated carbocycles. The predicted molar refractivity (Wildman–Crippen MR) is 64.9 cm³/mol. The van der Waals surface area contributed by atoms with Crippen molar-refractivity contribution in [2.45, 2.75) is 10.6 Å². The largest absolute Gasteiger partial charge is 0.398 e. The summed E-state index contributed by atoms with van der Waals surface area (Å²) in [5.74, 6) is -0.774. The first-order valence-corrected chi connectivity index (χ1v) is 6.79. The van der Waals surface area contributed by atoms with E-state index in [1.165, 1.54) is 16.9 Å². The quantitative estimate of drug-likeness (QED) is 0.669. The standard InChI is InChI=1S/C11H12FN3O2S/c1-15-6-8(5-14-15)7-18(16,17)11-3-2-9(12)4-10(11)13/h2-6H,7,13H2,1H3. The Morgan fingerprint density at radius 1 is 1.44 bits per heavy atom. The molecule has 0 aliphatic rings. The molecule has 0 unspecified atom stereocenters. The van der Waals surface area contributed by atoms with Gasteiger partial charge in [-0.25, -0.2) is 12.8 Å². The van der Waals surface area contributed by atoms with Gasteiger partial charge in [0.1, 0.15) is 5.82 Å². The van der Waals surface area contributed by atoms with Gasteiger partial charge in [0.15, 0.2) is 9.84 Å². The number of hydrogen-bond acceptors (Lipinski definition) is 4. The molecule has 2 aromatic rings. The summed E-state index contributed by atoms with van der Waals surface area (Å²) in [6, 6.07) is 3.25. The van der Waals surface area contributed by atoms with Crippen LogP contribution in [-0.4, -0.2) is 18.2 Å². The van der Waals surface area contributed by atoms with Crippen LogP contribution in [0.5, 0.6) is 0 Å². The number of nitrogen functional groups attached to an aromatic ring is 1. The van der Waals surface area contributed by atoms with Gasteiger partial charge in [-0.05, 0) is 18.2 Å². The van der Waals surface area contributed by atoms with E-state index in [9.17, 15) is 12.8 Å². The highest BCUT2D eigenvalue weighted by Crippen LogP contribution is 2.23. The minimum atomic E-state index is -3.59. The highest BCUT2D eigenvalue weighted by atomic mass is 32.2. The summed E-state index contributed by atoms with van der Waals surface area (Å²) in [4.78, 5) is -0.0623. The summed E-state index contributed by atoms with van der Waals surface area (Å²) in [7, 11) is -1.90. The summed E-state index contributed by atoms with van der Waals surface area (Å²) < 4.78 is 38.6. The maximum absolute atomic E-state index is 12.9. The molecule has 96 valence electrons. The Hall–Kier alpha value is -1.89. The van der Waals surface area contributed by atoms with Gasteiger partial charge < -0.3 is 5.73 Å². The molecule has 0 atom stereocenters. The van der Waals surface area contributed by atoms with Crippen LogP contribution in [0.3, 0.4) is 0 Å². The zero-order chi connectivity index (χ0) is 13.3. The lowest BCUT2D eigenvalue weighted by atomic mass is 10.3. The van der Waals surface area contributed by atoms with Gasteiger partial charge in [0.2, 0.25) is 0 Å². The number of nitrogens with zero attached hydrogens (tertiary/aromatic N) is 2. The Kier molecular flexibility index (Phi) is 3.08. The minimum absolute atomic E-state index is 0.0623. The number of rotatable bonds is 3. The fraction of sp³-hybridized carbons (Fsp3) is 0.182. The van der Waals surface area contributed by atoms with E-state index in [0.29, 0.717) is 5.56 Å². The van der Waals surface area contributed by atoms with E-state index in [4.69, 9.17) is 5.73 Å². The van der Waals surface area contributed by atoms with Crippen molar-refractivity contribution in [1.82, 2.24) is 9.78 Å². The van der Waals surface area contributed by atoms with E-state index in [1.807, 2.05) is 0 Å². The van der Waals surface area contributed by atoms with E-state index in [-0.39, 0.29) is 16.3 Å².